The lowest BCUT2D eigenvalue weighted by Crippen LogP contribution is -2.26. The first kappa shape index (κ1) is 15.4. The summed E-state index contributed by atoms with van der Waals surface area (Å²) in [6.07, 6.45) is -3.89. The normalized spacial score (nSPS) is 12.6. The summed E-state index contributed by atoms with van der Waals surface area (Å²) in [4.78, 5) is 2.56. The van der Waals surface area contributed by atoms with Gasteiger partial charge in [0.05, 0.1) is 17.0 Å². The van der Waals surface area contributed by atoms with Crippen LogP contribution < -0.4 is 4.72 Å². The summed E-state index contributed by atoms with van der Waals surface area (Å²) in [6.45, 7) is -0.378. The predicted octanol–water partition coefficient (Wildman–Crippen LogP) is 1.44. The molecule has 0 aliphatic carbocycles. The van der Waals surface area contributed by atoms with Gasteiger partial charge >= 0.3 is 6.18 Å². The van der Waals surface area contributed by atoms with Gasteiger partial charge < -0.3 is 0 Å². The van der Waals surface area contributed by atoms with Gasteiger partial charge in [0, 0.05) is 0 Å². The van der Waals surface area contributed by atoms with E-state index in [9.17, 15) is 26.0 Å². The van der Waals surface area contributed by atoms with Crippen molar-refractivity contribution >= 4 is 10.0 Å². The summed E-state index contributed by atoms with van der Waals surface area (Å²) in [5, 5.41) is 5.81. The third kappa shape index (κ3) is 3.55. The second kappa shape index (κ2) is 5.41. The molecule has 1 heterocycles. The number of aromatic nitrogens is 3. The highest BCUT2D eigenvalue weighted by atomic mass is 32.2. The molecular weight excluding hydrogens is 316 g/mol. The van der Waals surface area contributed by atoms with Crippen molar-refractivity contribution < 1.29 is 26.0 Å². The number of aromatic amines is 1. The van der Waals surface area contributed by atoms with Gasteiger partial charge in [0.25, 0.3) is 0 Å². The zero-order valence-corrected chi connectivity index (χ0v) is 11.0. The molecule has 6 nitrogen and oxygen atoms in total. The van der Waals surface area contributed by atoms with Gasteiger partial charge in [0.1, 0.15) is 18.0 Å². The standard InChI is InChI=1S/C10H8F4N4O2S/c11-6-1-2-8(7(3-6)10(12,13)14)21(19,20)17-4-9-15-5-16-18-9/h1-3,5,17H,4H2,(H,15,16,18). The number of hydrogen-bond donors (Lipinski definition) is 2. The number of hydrogen-bond acceptors (Lipinski definition) is 4. The Bertz CT molecular complexity index is 728. The zero-order valence-electron chi connectivity index (χ0n) is 10.1. The monoisotopic (exact) mass is 324 g/mol. The average Bonchev–Trinajstić information content (AvgIpc) is 2.88. The molecule has 0 saturated heterocycles. The fraction of sp³-hybridized carbons (Fsp3) is 0.200. The van der Waals surface area contributed by atoms with Crippen molar-refractivity contribution in [3.8, 4) is 0 Å². The molecule has 11 heteroatoms. The largest absolute Gasteiger partial charge is 0.417 e. The molecule has 2 rings (SSSR count). The molecule has 21 heavy (non-hydrogen) atoms. The first-order valence-electron chi connectivity index (χ1n) is 5.41. The third-order valence-corrected chi connectivity index (χ3v) is 3.89. The number of alkyl halides is 3. The quantitative estimate of drug-likeness (QED) is 0.833. The molecule has 1 aromatic carbocycles. The van der Waals surface area contributed by atoms with Crippen LogP contribution in [0.25, 0.3) is 0 Å². The maximum Gasteiger partial charge on any atom is 0.417 e. The zero-order chi connectivity index (χ0) is 15.7. The van der Waals surface area contributed by atoms with E-state index in [-0.39, 0.29) is 18.4 Å². The number of nitrogens with one attached hydrogen (secondary N) is 2. The van der Waals surface area contributed by atoms with Gasteiger partial charge in [-0.2, -0.15) is 18.3 Å². The van der Waals surface area contributed by atoms with E-state index in [4.69, 9.17) is 0 Å². The van der Waals surface area contributed by atoms with Gasteiger partial charge in [-0.25, -0.2) is 22.5 Å². The lowest BCUT2D eigenvalue weighted by molar-refractivity contribution is -0.140. The molecule has 1 aromatic heterocycles. The Balaban J connectivity index is 2.36. The molecule has 0 atom stereocenters. The van der Waals surface area contributed by atoms with Crippen LogP contribution in [0.1, 0.15) is 11.4 Å². The van der Waals surface area contributed by atoms with Crippen LogP contribution in [-0.2, 0) is 22.7 Å². The highest BCUT2D eigenvalue weighted by molar-refractivity contribution is 7.89. The molecule has 114 valence electrons. The topological polar surface area (TPSA) is 87.7 Å². The Morgan fingerprint density at radius 1 is 1.29 bits per heavy atom. The minimum Gasteiger partial charge on any atom is -0.262 e. The number of sulfonamides is 1. The van der Waals surface area contributed by atoms with Crippen LogP contribution in [0.3, 0.4) is 0 Å². The van der Waals surface area contributed by atoms with Crippen LogP contribution in [0.5, 0.6) is 0 Å². The molecule has 0 aliphatic heterocycles. The van der Waals surface area contributed by atoms with Crippen LogP contribution in [0.4, 0.5) is 17.6 Å². The van der Waals surface area contributed by atoms with Crippen LogP contribution in [0, 0.1) is 5.82 Å². The van der Waals surface area contributed by atoms with E-state index in [0.29, 0.717) is 12.1 Å². The van der Waals surface area contributed by atoms with E-state index in [1.165, 1.54) is 0 Å². The first-order chi connectivity index (χ1) is 9.70. The Hall–Kier alpha value is -2.01. The summed E-state index contributed by atoms with van der Waals surface area (Å²) in [5.41, 5.74) is -1.58. The second-order valence-corrected chi connectivity index (χ2v) is 5.63. The number of rotatable bonds is 4. The molecule has 0 saturated carbocycles. The Morgan fingerprint density at radius 3 is 2.57 bits per heavy atom. The van der Waals surface area contributed by atoms with Crippen molar-refractivity contribution in [2.75, 3.05) is 0 Å². The molecule has 0 spiro atoms. The molecule has 2 aromatic rings. The van der Waals surface area contributed by atoms with Crippen molar-refractivity contribution in [1.29, 1.82) is 0 Å². The van der Waals surface area contributed by atoms with Crippen molar-refractivity contribution in [3.05, 3.63) is 41.7 Å². The summed E-state index contributed by atoms with van der Waals surface area (Å²) in [7, 11) is -4.49. The van der Waals surface area contributed by atoms with E-state index in [1.54, 1.807) is 0 Å². The maximum absolute atomic E-state index is 12.9. The van der Waals surface area contributed by atoms with Gasteiger partial charge in [-0.15, -0.1) is 0 Å². The highest BCUT2D eigenvalue weighted by Crippen LogP contribution is 2.34. The molecule has 0 amide bonds. The van der Waals surface area contributed by atoms with Gasteiger partial charge in [-0.3, -0.25) is 5.10 Å². The van der Waals surface area contributed by atoms with Crippen molar-refractivity contribution in [1.82, 2.24) is 19.9 Å². The van der Waals surface area contributed by atoms with Crippen molar-refractivity contribution in [3.63, 3.8) is 0 Å². The molecule has 0 unspecified atom stereocenters. The van der Waals surface area contributed by atoms with E-state index < -0.39 is 32.5 Å². The highest BCUT2D eigenvalue weighted by Gasteiger charge is 2.37. The van der Waals surface area contributed by atoms with Gasteiger partial charge in [-0.05, 0) is 18.2 Å². The Kier molecular flexibility index (Phi) is 3.96. The molecule has 0 fully saturated rings. The SMILES string of the molecule is O=S(=O)(NCc1ncn[nH]1)c1ccc(F)cc1C(F)(F)F. The summed E-state index contributed by atoms with van der Waals surface area (Å²) >= 11 is 0. The van der Waals surface area contributed by atoms with Crippen molar-refractivity contribution in [2.24, 2.45) is 0 Å². The Labute approximate surface area is 116 Å². The van der Waals surface area contributed by atoms with E-state index in [2.05, 4.69) is 15.2 Å². The van der Waals surface area contributed by atoms with E-state index >= 15 is 0 Å². The van der Waals surface area contributed by atoms with Gasteiger partial charge in [0.15, 0.2) is 0 Å². The lowest BCUT2D eigenvalue weighted by Gasteiger charge is -2.13. The van der Waals surface area contributed by atoms with Crippen LogP contribution >= 0.6 is 0 Å². The summed E-state index contributed by atoms with van der Waals surface area (Å²) < 4.78 is 77.0. The van der Waals surface area contributed by atoms with Gasteiger partial charge in [-0.1, -0.05) is 0 Å². The lowest BCUT2D eigenvalue weighted by atomic mass is 10.2. The molecule has 0 bridgehead atoms. The maximum atomic E-state index is 12.9. The van der Waals surface area contributed by atoms with Crippen LogP contribution in [-0.4, -0.2) is 23.6 Å². The summed E-state index contributed by atoms with van der Waals surface area (Å²) in [6, 6.07) is 1.32. The molecule has 2 N–H and O–H groups in total. The predicted molar refractivity (Wildman–Crippen MR) is 61.8 cm³/mol. The molecular formula is C10H8F4N4O2S. The smallest absolute Gasteiger partial charge is 0.262 e. The first-order valence-corrected chi connectivity index (χ1v) is 6.89. The van der Waals surface area contributed by atoms with E-state index in [1.807, 2.05) is 4.72 Å². The fourth-order valence-corrected chi connectivity index (χ4v) is 2.71. The number of H-pyrrole nitrogens is 1. The fourth-order valence-electron chi connectivity index (χ4n) is 1.52. The minimum absolute atomic E-state index is 0.120. The average molecular weight is 324 g/mol. The van der Waals surface area contributed by atoms with Crippen LogP contribution in [0.2, 0.25) is 0 Å². The number of halogens is 4. The van der Waals surface area contributed by atoms with Gasteiger partial charge in [0.2, 0.25) is 10.0 Å². The minimum atomic E-state index is -5.00. The number of nitrogens with zero attached hydrogens (tertiary/aromatic N) is 2. The third-order valence-electron chi connectivity index (χ3n) is 2.43. The number of benzene rings is 1. The van der Waals surface area contributed by atoms with Crippen LogP contribution in [0.15, 0.2) is 29.4 Å². The summed E-state index contributed by atoms with van der Waals surface area (Å²) in [5.74, 6) is -1.06. The second-order valence-electron chi connectivity index (χ2n) is 3.89. The van der Waals surface area contributed by atoms with Crippen molar-refractivity contribution in [2.45, 2.75) is 17.6 Å². The van der Waals surface area contributed by atoms with E-state index in [0.717, 1.165) is 6.33 Å². The molecule has 0 aliphatic rings. The Morgan fingerprint density at radius 2 is 2.00 bits per heavy atom. The molecule has 0 radical (unpaired) electrons.